The minimum Gasteiger partial charge on any atom is -0.353 e. The van der Waals surface area contributed by atoms with Crippen LogP contribution < -0.4 is 10.6 Å². The molecule has 0 atom stereocenters. The van der Waals surface area contributed by atoms with Crippen molar-refractivity contribution in [3.63, 3.8) is 0 Å². The van der Waals surface area contributed by atoms with Crippen LogP contribution in [0.4, 0.5) is 5.82 Å². The summed E-state index contributed by atoms with van der Waals surface area (Å²) in [6.45, 7) is 12.8. The number of aromatic nitrogens is 1. The molecule has 0 bridgehead atoms. The first-order chi connectivity index (χ1) is 9.55. The molecule has 0 spiro atoms. The predicted molar refractivity (Wildman–Crippen MR) is 88.1 cm³/mol. The summed E-state index contributed by atoms with van der Waals surface area (Å²) >= 11 is 0. The largest absolute Gasteiger partial charge is 0.353 e. The van der Waals surface area contributed by atoms with Gasteiger partial charge >= 0.3 is 0 Å². The molecule has 0 saturated carbocycles. The maximum atomic E-state index is 5.84. The molecule has 0 amide bonds. The zero-order chi connectivity index (χ0) is 15.1. The van der Waals surface area contributed by atoms with E-state index in [1.165, 1.54) is 5.56 Å². The fraction of sp³-hybridized carbons (Fsp3) is 0.706. The molecule has 3 nitrogen and oxygen atoms in total. The molecule has 0 aliphatic rings. The Morgan fingerprint density at radius 2 is 1.80 bits per heavy atom. The smallest absolute Gasteiger partial charge is 0.129 e. The highest BCUT2D eigenvalue weighted by atomic mass is 15.2. The topological polar surface area (TPSA) is 42.1 Å². The quantitative estimate of drug-likeness (QED) is 0.787. The first kappa shape index (κ1) is 17.0. The molecule has 0 radical (unpaired) electrons. The lowest BCUT2D eigenvalue weighted by atomic mass is 10.1. The van der Waals surface area contributed by atoms with Crippen LogP contribution in [0.25, 0.3) is 0 Å². The number of nitrogens with zero attached hydrogens (tertiary/aromatic N) is 2. The average molecular weight is 277 g/mol. The van der Waals surface area contributed by atoms with Gasteiger partial charge in [-0.15, -0.1) is 0 Å². The van der Waals surface area contributed by atoms with Crippen molar-refractivity contribution in [1.29, 1.82) is 0 Å². The van der Waals surface area contributed by atoms with Gasteiger partial charge in [-0.2, -0.15) is 0 Å². The van der Waals surface area contributed by atoms with E-state index in [0.717, 1.165) is 37.3 Å². The van der Waals surface area contributed by atoms with Crippen molar-refractivity contribution < 1.29 is 0 Å². The Labute approximate surface area is 124 Å². The van der Waals surface area contributed by atoms with Crippen molar-refractivity contribution in [3.8, 4) is 0 Å². The third-order valence-electron chi connectivity index (χ3n) is 3.76. The van der Waals surface area contributed by atoms with E-state index < -0.39 is 0 Å². The van der Waals surface area contributed by atoms with Gasteiger partial charge in [-0.25, -0.2) is 4.98 Å². The molecule has 0 aliphatic heterocycles. The van der Waals surface area contributed by atoms with Gasteiger partial charge in [-0.05, 0) is 42.9 Å². The van der Waals surface area contributed by atoms with Crippen molar-refractivity contribution in [2.24, 2.45) is 11.7 Å². The van der Waals surface area contributed by atoms with Crippen LogP contribution in [-0.2, 0) is 13.0 Å². The Bertz CT molecular complexity index is 375. The molecule has 114 valence electrons. The van der Waals surface area contributed by atoms with E-state index in [1.807, 2.05) is 0 Å². The summed E-state index contributed by atoms with van der Waals surface area (Å²) in [5.74, 6) is 1.73. The second-order valence-corrected chi connectivity index (χ2v) is 5.90. The van der Waals surface area contributed by atoms with E-state index in [9.17, 15) is 0 Å². The molecule has 1 rings (SSSR count). The molecule has 1 aromatic heterocycles. The minimum atomic E-state index is 0.558. The number of hydrogen-bond donors (Lipinski definition) is 1. The Kier molecular flexibility index (Phi) is 7.00. The molecule has 2 N–H and O–H groups in total. The van der Waals surface area contributed by atoms with Crippen LogP contribution in [0.5, 0.6) is 0 Å². The summed E-state index contributed by atoms with van der Waals surface area (Å²) in [5.41, 5.74) is 8.17. The average Bonchev–Trinajstić information content (AvgIpc) is 2.46. The van der Waals surface area contributed by atoms with Gasteiger partial charge in [-0.1, -0.05) is 34.6 Å². The number of anilines is 1. The van der Waals surface area contributed by atoms with Gasteiger partial charge in [-0.3, -0.25) is 0 Å². The normalized spacial score (nSPS) is 11.4. The van der Waals surface area contributed by atoms with Crippen LogP contribution in [0.2, 0.25) is 0 Å². The van der Waals surface area contributed by atoms with Crippen LogP contribution in [0.1, 0.15) is 58.7 Å². The van der Waals surface area contributed by atoms with Crippen molar-refractivity contribution in [2.75, 3.05) is 11.4 Å². The number of nitrogens with two attached hydrogens (primary N) is 1. The van der Waals surface area contributed by atoms with E-state index in [1.54, 1.807) is 0 Å². The number of pyridine rings is 1. The van der Waals surface area contributed by atoms with Crippen molar-refractivity contribution in [1.82, 2.24) is 4.98 Å². The number of aryl methyl sites for hydroxylation is 1. The Hall–Kier alpha value is -1.09. The van der Waals surface area contributed by atoms with Crippen molar-refractivity contribution >= 4 is 5.82 Å². The molecule has 0 aliphatic carbocycles. The van der Waals surface area contributed by atoms with Crippen LogP contribution >= 0.6 is 0 Å². The highest BCUT2D eigenvalue weighted by Gasteiger charge is 2.19. The van der Waals surface area contributed by atoms with Crippen molar-refractivity contribution in [2.45, 2.75) is 66.5 Å². The third kappa shape index (κ3) is 4.48. The lowest BCUT2D eigenvalue weighted by Crippen LogP contribution is -2.38. The first-order valence-corrected chi connectivity index (χ1v) is 8.02. The summed E-state index contributed by atoms with van der Waals surface area (Å²) in [6, 6.07) is 4.85. The van der Waals surface area contributed by atoms with Gasteiger partial charge in [0, 0.05) is 24.8 Å². The zero-order valence-electron chi connectivity index (χ0n) is 13.8. The van der Waals surface area contributed by atoms with Crippen LogP contribution in [0.15, 0.2) is 12.1 Å². The van der Waals surface area contributed by atoms with Gasteiger partial charge in [0.05, 0.1) is 0 Å². The summed E-state index contributed by atoms with van der Waals surface area (Å²) in [7, 11) is 0. The first-order valence-electron chi connectivity index (χ1n) is 8.02. The van der Waals surface area contributed by atoms with E-state index in [-0.39, 0.29) is 0 Å². The fourth-order valence-corrected chi connectivity index (χ4v) is 2.63. The molecule has 1 aromatic rings. The summed E-state index contributed by atoms with van der Waals surface area (Å²) in [4.78, 5) is 7.32. The maximum absolute atomic E-state index is 5.84. The Balaban J connectivity index is 3.17. The molecular weight excluding hydrogens is 246 g/mol. The molecule has 0 aromatic carbocycles. The Morgan fingerprint density at radius 1 is 1.15 bits per heavy atom. The number of rotatable bonds is 8. The molecule has 0 saturated heterocycles. The van der Waals surface area contributed by atoms with E-state index in [2.05, 4.69) is 51.7 Å². The summed E-state index contributed by atoms with van der Waals surface area (Å²) in [6.07, 6.45) is 3.26. The third-order valence-corrected chi connectivity index (χ3v) is 3.76. The van der Waals surface area contributed by atoms with Gasteiger partial charge in [0.15, 0.2) is 0 Å². The van der Waals surface area contributed by atoms with E-state index >= 15 is 0 Å². The van der Waals surface area contributed by atoms with E-state index in [0.29, 0.717) is 18.5 Å². The molecule has 1 heterocycles. The second-order valence-electron chi connectivity index (χ2n) is 5.90. The molecular formula is C17H31N3. The van der Waals surface area contributed by atoms with E-state index in [4.69, 9.17) is 10.7 Å². The monoisotopic (exact) mass is 277 g/mol. The summed E-state index contributed by atoms with van der Waals surface area (Å²) < 4.78 is 0. The van der Waals surface area contributed by atoms with Gasteiger partial charge in [0.1, 0.15) is 5.82 Å². The van der Waals surface area contributed by atoms with Crippen LogP contribution in [0.3, 0.4) is 0 Å². The van der Waals surface area contributed by atoms with Crippen LogP contribution in [-0.4, -0.2) is 17.6 Å². The zero-order valence-corrected chi connectivity index (χ0v) is 13.8. The fourth-order valence-electron chi connectivity index (χ4n) is 2.63. The highest BCUT2D eigenvalue weighted by molar-refractivity contribution is 5.44. The lowest BCUT2D eigenvalue weighted by molar-refractivity contribution is 0.502. The standard InChI is InChI=1S/C17H31N3/c1-6-15-9-14(11-18)10-17(19-15)20(12-13(4)5)16(7-2)8-3/h9-10,13,16H,6-8,11-12,18H2,1-5H3. The molecule has 0 fully saturated rings. The van der Waals surface area contributed by atoms with Crippen molar-refractivity contribution in [3.05, 3.63) is 23.4 Å². The maximum Gasteiger partial charge on any atom is 0.129 e. The second kappa shape index (κ2) is 8.25. The van der Waals surface area contributed by atoms with Gasteiger partial charge in [0.25, 0.3) is 0 Å². The minimum absolute atomic E-state index is 0.558. The number of hydrogen-bond acceptors (Lipinski definition) is 3. The molecule has 3 heteroatoms. The molecule has 20 heavy (non-hydrogen) atoms. The Morgan fingerprint density at radius 3 is 2.25 bits per heavy atom. The lowest BCUT2D eigenvalue weighted by Gasteiger charge is -2.33. The SMILES string of the molecule is CCc1cc(CN)cc(N(CC(C)C)C(CC)CC)n1. The van der Waals surface area contributed by atoms with Gasteiger partial charge in [0.2, 0.25) is 0 Å². The molecule has 0 unspecified atom stereocenters. The predicted octanol–water partition coefficient (Wildman–Crippen LogP) is 3.75. The van der Waals surface area contributed by atoms with Crippen LogP contribution in [0, 0.1) is 5.92 Å². The summed E-state index contributed by atoms with van der Waals surface area (Å²) in [5, 5.41) is 0. The van der Waals surface area contributed by atoms with Gasteiger partial charge < -0.3 is 10.6 Å². The highest BCUT2D eigenvalue weighted by Crippen LogP contribution is 2.22.